The highest BCUT2D eigenvalue weighted by Crippen LogP contribution is 2.53. The Morgan fingerprint density at radius 1 is 1.50 bits per heavy atom. The normalized spacial score (nSPS) is 17.9. The van der Waals surface area contributed by atoms with Crippen LogP contribution in [0.3, 0.4) is 0 Å². The van der Waals surface area contributed by atoms with Crippen molar-refractivity contribution in [3.05, 3.63) is 28.8 Å². The van der Waals surface area contributed by atoms with E-state index in [4.69, 9.17) is 11.6 Å². The molecule has 0 aromatic heterocycles. The molecule has 14 heavy (non-hydrogen) atoms. The summed E-state index contributed by atoms with van der Waals surface area (Å²) >= 11 is 5.99. The Bertz CT molecular complexity index is 374. The van der Waals surface area contributed by atoms with Crippen LogP contribution in [0.4, 0.5) is 0 Å². The maximum absolute atomic E-state index is 11.5. The first-order chi connectivity index (χ1) is 6.58. The van der Waals surface area contributed by atoms with Gasteiger partial charge in [0.05, 0.1) is 5.41 Å². The second-order valence-electron chi connectivity index (χ2n) is 3.77. The van der Waals surface area contributed by atoms with E-state index in [1.807, 2.05) is 0 Å². The topological polar surface area (TPSA) is 37.3 Å². The van der Waals surface area contributed by atoms with Gasteiger partial charge in [-0.25, -0.2) is 0 Å². The number of carbonyl (C=O) groups excluding carboxylic acids is 1. The Morgan fingerprint density at radius 3 is 2.57 bits per heavy atom. The predicted molar refractivity (Wildman–Crippen MR) is 54.7 cm³/mol. The number of aromatic hydroxyl groups is 1. The van der Waals surface area contributed by atoms with Crippen molar-refractivity contribution >= 4 is 17.4 Å². The average Bonchev–Trinajstić information content (AvgIpc) is 2.85. The second-order valence-corrected chi connectivity index (χ2v) is 4.18. The molecule has 0 spiro atoms. The monoisotopic (exact) mass is 210 g/mol. The van der Waals surface area contributed by atoms with E-state index in [-0.39, 0.29) is 11.5 Å². The number of hydrogen-bond donors (Lipinski definition) is 1. The lowest BCUT2D eigenvalue weighted by Gasteiger charge is -2.15. The molecule has 74 valence electrons. The van der Waals surface area contributed by atoms with Crippen molar-refractivity contribution in [2.24, 2.45) is 0 Å². The molecule has 1 aromatic rings. The molecule has 1 aliphatic rings. The maximum Gasteiger partial charge on any atom is 0.140 e. The minimum absolute atomic E-state index is 0.0842. The first kappa shape index (κ1) is 9.53. The minimum Gasteiger partial charge on any atom is -0.508 e. The summed E-state index contributed by atoms with van der Waals surface area (Å²) in [5.41, 5.74) is 0.108. The first-order valence-corrected chi connectivity index (χ1v) is 4.95. The van der Waals surface area contributed by atoms with Crippen molar-refractivity contribution in [1.29, 1.82) is 0 Å². The van der Waals surface area contributed by atoms with Gasteiger partial charge in [0.15, 0.2) is 0 Å². The zero-order valence-corrected chi connectivity index (χ0v) is 8.64. The summed E-state index contributed by atoms with van der Waals surface area (Å²) in [4.78, 5) is 11.5. The number of phenolic OH excluding ortho intramolecular Hbond substituents is 1. The Kier molecular flexibility index (Phi) is 2.04. The zero-order chi connectivity index (χ0) is 10.3. The number of hydrogen-bond acceptors (Lipinski definition) is 2. The third-order valence-electron chi connectivity index (χ3n) is 2.89. The molecule has 1 N–H and O–H groups in total. The molecule has 2 nitrogen and oxygen atoms in total. The van der Waals surface area contributed by atoms with Gasteiger partial charge in [0.2, 0.25) is 0 Å². The van der Waals surface area contributed by atoms with E-state index < -0.39 is 5.41 Å². The molecule has 1 aliphatic carbocycles. The number of phenols is 1. The number of rotatable bonds is 2. The van der Waals surface area contributed by atoms with Gasteiger partial charge in [-0.2, -0.15) is 0 Å². The lowest BCUT2D eigenvalue weighted by molar-refractivity contribution is -0.119. The molecule has 0 saturated heterocycles. The van der Waals surface area contributed by atoms with Crippen LogP contribution in [-0.4, -0.2) is 10.9 Å². The standard InChI is InChI=1S/C11H11ClO2/c1-7(13)11(5-6-11)10-8(12)3-2-4-9(10)14/h2-4,14H,5-6H2,1H3. The maximum atomic E-state index is 11.5. The Labute approximate surface area is 87.5 Å². The van der Waals surface area contributed by atoms with E-state index in [2.05, 4.69) is 0 Å². The van der Waals surface area contributed by atoms with Crippen LogP contribution < -0.4 is 0 Å². The fourth-order valence-corrected chi connectivity index (χ4v) is 2.24. The highest BCUT2D eigenvalue weighted by molar-refractivity contribution is 6.32. The first-order valence-electron chi connectivity index (χ1n) is 4.57. The van der Waals surface area contributed by atoms with Gasteiger partial charge < -0.3 is 5.11 Å². The molecule has 0 unspecified atom stereocenters. The lowest BCUT2D eigenvalue weighted by atomic mass is 9.91. The summed E-state index contributed by atoms with van der Waals surface area (Å²) in [5, 5.41) is 10.2. The van der Waals surface area contributed by atoms with Gasteiger partial charge >= 0.3 is 0 Å². The molecule has 1 saturated carbocycles. The van der Waals surface area contributed by atoms with Crippen LogP contribution in [0.25, 0.3) is 0 Å². The third-order valence-corrected chi connectivity index (χ3v) is 3.21. The number of halogens is 1. The van der Waals surface area contributed by atoms with E-state index >= 15 is 0 Å². The van der Waals surface area contributed by atoms with Gasteiger partial charge in [-0.05, 0) is 31.9 Å². The van der Waals surface area contributed by atoms with Crippen LogP contribution in [0.15, 0.2) is 18.2 Å². The van der Waals surface area contributed by atoms with Crippen LogP contribution in [0.1, 0.15) is 25.3 Å². The highest BCUT2D eigenvalue weighted by Gasteiger charge is 2.51. The van der Waals surface area contributed by atoms with Gasteiger partial charge in [0.1, 0.15) is 11.5 Å². The summed E-state index contributed by atoms with van der Waals surface area (Å²) in [6.45, 7) is 1.55. The zero-order valence-electron chi connectivity index (χ0n) is 7.88. The van der Waals surface area contributed by atoms with E-state index in [0.717, 1.165) is 12.8 Å². The van der Waals surface area contributed by atoms with Crippen LogP contribution in [-0.2, 0) is 10.2 Å². The molecular weight excluding hydrogens is 200 g/mol. The van der Waals surface area contributed by atoms with Gasteiger partial charge in [0.25, 0.3) is 0 Å². The molecule has 1 aromatic carbocycles. The number of carbonyl (C=O) groups is 1. The fourth-order valence-electron chi connectivity index (χ4n) is 1.89. The summed E-state index contributed by atoms with van der Waals surface area (Å²) in [6, 6.07) is 4.96. The molecular formula is C11H11ClO2. The Morgan fingerprint density at radius 2 is 2.14 bits per heavy atom. The Hall–Kier alpha value is -1.02. The third kappa shape index (κ3) is 1.22. The molecule has 0 bridgehead atoms. The SMILES string of the molecule is CC(=O)C1(c2c(O)cccc2Cl)CC1. The molecule has 0 atom stereocenters. The number of benzene rings is 1. The average molecular weight is 211 g/mol. The quantitative estimate of drug-likeness (QED) is 0.815. The molecule has 0 aliphatic heterocycles. The van der Waals surface area contributed by atoms with Crippen molar-refractivity contribution in [3.63, 3.8) is 0 Å². The van der Waals surface area contributed by atoms with E-state index in [1.54, 1.807) is 25.1 Å². The van der Waals surface area contributed by atoms with Crippen LogP contribution in [0.2, 0.25) is 5.02 Å². The largest absolute Gasteiger partial charge is 0.508 e. The van der Waals surface area contributed by atoms with Crippen LogP contribution >= 0.6 is 11.6 Å². The van der Waals surface area contributed by atoms with E-state index in [0.29, 0.717) is 10.6 Å². The lowest BCUT2D eigenvalue weighted by Crippen LogP contribution is -2.17. The molecule has 1 fully saturated rings. The summed E-state index contributed by atoms with van der Waals surface area (Å²) < 4.78 is 0. The summed E-state index contributed by atoms with van der Waals surface area (Å²) in [5.74, 6) is 0.214. The van der Waals surface area contributed by atoms with Crippen molar-refractivity contribution < 1.29 is 9.90 Å². The van der Waals surface area contributed by atoms with Crippen LogP contribution in [0.5, 0.6) is 5.75 Å². The number of Topliss-reactive ketones (excluding diaryl/α,β-unsaturated/α-hetero) is 1. The van der Waals surface area contributed by atoms with Gasteiger partial charge in [-0.3, -0.25) is 4.79 Å². The number of ketones is 1. The molecule has 0 amide bonds. The van der Waals surface area contributed by atoms with Crippen LogP contribution in [0, 0.1) is 0 Å². The molecule has 0 heterocycles. The summed E-state index contributed by atoms with van der Waals surface area (Å²) in [7, 11) is 0. The molecule has 0 radical (unpaired) electrons. The molecule has 2 rings (SSSR count). The summed E-state index contributed by atoms with van der Waals surface area (Å²) in [6.07, 6.45) is 1.58. The van der Waals surface area contributed by atoms with Gasteiger partial charge in [-0.15, -0.1) is 0 Å². The van der Waals surface area contributed by atoms with Crippen molar-refractivity contribution in [2.45, 2.75) is 25.2 Å². The smallest absolute Gasteiger partial charge is 0.140 e. The van der Waals surface area contributed by atoms with Gasteiger partial charge in [-0.1, -0.05) is 17.7 Å². The van der Waals surface area contributed by atoms with E-state index in [9.17, 15) is 9.90 Å². The fraction of sp³-hybridized carbons (Fsp3) is 0.364. The molecule has 3 heteroatoms. The highest BCUT2D eigenvalue weighted by atomic mass is 35.5. The predicted octanol–water partition coefficient (Wildman–Crippen LogP) is 2.67. The second kappa shape index (κ2) is 2.99. The Balaban J connectivity index is 2.56. The van der Waals surface area contributed by atoms with Crippen molar-refractivity contribution in [2.75, 3.05) is 0 Å². The minimum atomic E-state index is -0.498. The van der Waals surface area contributed by atoms with Crippen molar-refractivity contribution in [3.8, 4) is 5.75 Å². The van der Waals surface area contributed by atoms with Crippen molar-refractivity contribution in [1.82, 2.24) is 0 Å². The van der Waals surface area contributed by atoms with Gasteiger partial charge in [0, 0.05) is 10.6 Å². The van der Waals surface area contributed by atoms with E-state index in [1.165, 1.54) is 0 Å².